The van der Waals surface area contributed by atoms with E-state index < -0.39 is 17.4 Å². The van der Waals surface area contributed by atoms with Gasteiger partial charge in [-0.1, -0.05) is 11.6 Å². The number of nitrogens with one attached hydrogen (secondary N) is 2. The molecular weight excluding hydrogens is 286 g/mol. The number of hydrogen-bond acceptors (Lipinski definition) is 4. The molecular formula is C12H8ClN3O4. The highest BCUT2D eigenvalue weighted by Crippen LogP contribution is 2.21. The van der Waals surface area contributed by atoms with Crippen molar-refractivity contribution in [3.8, 4) is 0 Å². The van der Waals surface area contributed by atoms with Crippen LogP contribution in [0.25, 0.3) is 0 Å². The van der Waals surface area contributed by atoms with E-state index in [1.807, 2.05) is 0 Å². The third-order valence-corrected chi connectivity index (χ3v) is 2.68. The molecule has 102 valence electrons. The molecule has 0 aliphatic rings. The Morgan fingerprint density at radius 2 is 2.00 bits per heavy atom. The summed E-state index contributed by atoms with van der Waals surface area (Å²) in [5.41, 5.74) is -0.150. The van der Waals surface area contributed by atoms with Crippen LogP contribution in [-0.4, -0.2) is 27.2 Å². The zero-order valence-electron chi connectivity index (χ0n) is 9.88. The zero-order valence-corrected chi connectivity index (χ0v) is 10.6. The van der Waals surface area contributed by atoms with E-state index in [1.54, 1.807) is 0 Å². The van der Waals surface area contributed by atoms with Crippen molar-refractivity contribution in [1.82, 2.24) is 10.2 Å². The molecule has 1 aromatic heterocycles. The first-order chi connectivity index (χ1) is 9.47. The maximum atomic E-state index is 11.8. The molecule has 2 aromatic rings. The highest BCUT2D eigenvalue weighted by molar-refractivity contribution is 6.33. The van der Waals surface area contributed by atoms with Crippen molar-refractivity contribution in [3.63, 3.8) is 0 Å². The average molecular weight is 294 g/mol. The number of halogens is 1. The molecule has 1 heterocycles. The van der Waals surface area contributed by atoms with Gasteiger partial charge in [-0.2, -0.15) is 5.10 Å². The van der Waals surface area contributed by atoms with Gasteiger partial charge in [-0.3, -0.25) is 9.59 Å². The Hall–Kier alpha value is -2.67. The molecule has 3 N–H and O–H groups in total. The Bertz CT molecular complexity index is 721. The summed E-state index contributed by atoms with van der Waals surface area (Å²) in [5, 5.41) is 17.0. The molecule has 0 atom stereocenters. The van der Waals surface area contributed by atoms with E-state index >= 15 is 0 Å². The van der Waals surface area contributed by atoms with E-state index in [9.17, 15) is 14.4 Å². The molecule has 2 rings (SSSR count). The Morgan fingerprint density at radius 3 is 2.55 bits per heavy atom. The lowest BCUT2D eigenvalue weighted by atomic mass is 10.2. The lowest BCUT2D eigenvalue weighted by Crippen LogP contribution is -2.17. The van der Waals surface area contributed by atoms with Gasteiger partial charge >= 0.3 is 5.97 Å². The topological polar surface area (TPSA) is 112 Å². The largest absolute Gasteiger partial charge is 0.478 e. The van der Waals surface area contributed by atoms with Crippen LogP contribution in [0.15, 0.2) is 35.1 Å². The lowest BCUT2D eigenvalue weighted by molar-refractivity contribution is 0.0697. The molecule has 0 aliphatic heterocycles. The fourth-order valence-corrected chi connectivity index (χ4v) is 1.69. The van der Waals surface area contributed by atoms with Gasteiger partial charge in [-0.05, 0) is 24.3 Å². The summed E-state index contributed by atoms with van der Waals surface area (Å²) in [7, 11) is 0. The van der Waals surface area contributed by atoms with Crippen LogP contribution < -0.4 is 10.9 Å². The average Bonchev–Trinajstić information content (AvgIpc) is 2.39. The van der Waals surface area contributed by atoms with Gasteiger partial charge in [0.15, 0.2) is 0 Å². The Kier molecular flexibility index (Phi) is 3.81. The van der Waals surface area contributed by atoms with Crippen molar-refractivity contribution in [2.75, 3.05) is 5.32 Å². The van der Waals surface area contributed by atoms with Crippen LogP contribution in [-0.2, 0) is 0 Å². The van der Waals surface area contributed by atoms with Gasteiger partial charge in [0.05, 0.1) is 10.6 Å². The highest BCUT2D eigenvalue weighted by atomic mass is 35.5. The molecule has 0 saturated heterocycles. The molecule has 0 aliphatic carbocycles. The van der Waals surface area contributed by atoms with Gasteiger partial charge in [-0.15, -0.1) is 0 Å². The second-order valence-electron chi connectivity index (χ2n) is 3.76. The van der Waals surface area contributed by atoms with Crippen molar-refractivity contribution < 1.29 is 14.7 Å². The van der Waals surface area contributed by atoms with Crippen molar-refractivity contribution in [3.05, 3.63) is 57.0 Å². The van der Waals surface area contributed by atoms with Crippen molar-refractivity contribution in [2.45, 2.75) is 0 Å². The first kappa shape index (κ1) is 13.8. The van der Waals surface area contributed by atoms with Crippen molar-refractivity contribution >= 4 is 29.2 Å². The van der Waals surface area contributed by atoms with Crippen molar-refractivity contribution in [1.29, 1.82) is 0 Å². The van der Waals surface area contributed by atoms with Crippen LogP contribution in [0, 0.1) is 0 Å². The monoisotopic (exact) mass is 293 g/mol. The van der Waals surface area contributed by atoms with Gasteiger partial charge < -0.3 is 10.4 Å². The number of H-pyrrole nitrogens is 1. The number of aromatic carboxylic acids is 1. The van der Waals surface area contributed by atoms with Gasteiger partial charge in [0.25, 0.3) is 11.5 Å². The Labute approximate surface area is 117 Å². The fourth-order valence-electron chi connectivity index (χ4n) is 1.43. The molecule has 0 saturated carbocycles. The SMILES string of the molecule is O=C(Nc1ccc(C(=O)O)c(Cl)c1)c1ccc(=O)[nH]n1. The normalized spacial score (nSPS) is 10.1. The Morgan fingerprint density at radius 1 is 1.25 bits per heavy atom. The summed E-state index contributed by atoms with van der Waals surface area (Å²) >= 11 is 5.78. The minimum absolute atomic E-state index is 0.00438. The van der Waals surface area contributed by atoms with E-state index in [0.29, 0.717) is 5.69 Å². The third-order valence-electron chi connectivity index (χ3n) is 2.37. The second-order valence-corrected chi connectivity index (χ2v) is 4.17. The number of carboxylic acid groups (broad SMARTS) is 1. The van der Waals surface area contributed by atoms with Crippen LogP contribution in [0.4, 0.5) is 5.69 Å². The van der Waals surface area contributed by atoms with Gasteiger partial charge in [0.1, 0.15) is 5.69 Å². The number of carboxylic acids is 1. The Balaban J connectivity index is 2.20. The molecule has 7 nitrogen and oxygen atoms in total. The molecule has 1 aromatic carbocycles. The quantitative estimate of drug-likeness (QED) is 0.791. The standard InChI is InChI=1S/C12H8ClN3O4/c13-8-5-6(1-2-7(8)12(19)20)14-11(18)9-3-4-10(17)16-15-9/h1-5H,(H,14,18)(H,16,17)(H,19,20). The lowest BCUT2D eigenvalue weighted by Gasteiger charge is -2.06. The molecule has 1 amide bonds. The minimum atomic E-state index is -1.16. The second kappa shape index (κ2) is 5.54. The molecule has 0 spiro atoms. The number of aromatic nitrogens is 2. The summed E-state index contributed by atoms with van der Waals surface area (Å²) in [6, 6.07) is 6.43. The number of rotatable bonds is 3. The number of aromatic amines is 1. The number of benzene rings is 1. The highest BCUT2D eigenvalue weighted by Gasteiger charge is 2.12. The number of amides is 1. The minimum Gasteiger partial charge on any atom is -0.478 e. The maximum absolute atomic E-state index is 11.8. The summed E-state index contributed by atoms with van der Waals surface area (Å²) in [6.07, 6.45) is 0. The van der Waals surface area contributed by atoms with Crippen molar-refractivity contribution in [2.24, 2.45) is 0 Å². The molecule has 8 heteroatoms. The van der Waals surface area contributed by atoms with Crippen LogP contribution in [0.5, 0.6) is 0 Å². The number of anilines is 1. The van der Waals surface area contributed by atoms with Gasteiger partial charge in [0.2, 0.25) is 0 Å². The molecule has 0 radical (unpaired) electrons. The van der Waals surface area contributed by atoms with Gasteiger partial charge in [-0.25, -0.2) is 9.89 Å². The smallest absolute Gasteiger partial charge is 0.337 e. The molecule has 0 fully saturated rings. The summed E-state index contributed by atoms with van der Waals surface area (Å²) in [4.78, 5) is 33.4. The van der Waals surface area contributed by atoms with E-state index in [0.717, 1.165) is 0 Å². The number of nitrogens with zero attached hydrogens (tertiary/aromatic N) is 1. The van der Waals surface area contributed by atoms with Crippen LogP contribution >= 0.6 is 11.6 Å². The predicted molar refractivity (Wildman–Crippen MR) is 71.2 cm³/mol. The number of carbonyl (C=O) groups excluding carboxylic acids is 1. The van der Waals surface area contributed by atoms with E-state index in [4.69, 9.17) is 16.7 Å². The van der Waals surface area contributed by atoms with Crippen LogP contribution in [0.3, 0.4) is 0 Å². The zero-order chi connectivity index (χ0) is 14.7. The first-order valence-electron chi connectivity index (χ1n) is 5.37. The van der Waals surface area contributed by atoms with Crippen LogP contribution in [0.2, 0.25) is 5.02 Å². The molecule has 0 unspecified atom stereocenters. The fraction of sp³-hybridized carbons (Fsp3) is 0. The number of carbonyl (C=O) groups is 2. The third kappa shape index (κ3) is 3.01. The predicted octanol–water partition coefficient (Wildman–Crippen LogP) is 1.37. The summed E-state index contributed by atoms with van der Waals surface area (Å²) in [5.74, 6) is -1.71. The maximum Gasteiger partial charge on any atom is 0.337 e. The summed E-state index contributed by atoms with van der Waals surface area (Å²) in [6.45, 7) is 0. The van der Waals surface area contributed by atoms with Gasteiger partial charge in [0, 0.05) is 11.8 Å². The van der Waals surface area contributed by atoms with E-state index in [2.05, 4.69) is 15.5 Å². The first-order valence-corrected chi connectivity index (χ1v) is 5.75. The van der Waals surface area contributed by atoms with E-state index in [-0.39, 0.29) is 16.3 Å². The van der Waals surface area contributed by atoms with E-state index in [1.165, 1.54) is 30.3 Å². The molecule has 20 heavy (non-hydrogen) atoms. The van der Waals surface area contributed by atoms with Crippen LogP contribution in [0.1, 0.15) is 20.8 Å². The number of hydrogen-bond donors (Lipinski definition) is 3. The summed E-state index contributed by atoms with van der Waals surface area (Å²) < 4.78 is 0. The molecule has 0 bridgehead atoms.